The summed E-state index contributed by atoms with van der Waals surface area (Å²) >= 11 is 3.33. The van der Waals surface area contributed by atoms with E-state index >= 15 is 0 Å². The molecule has 0 spiro atoms. The molecule has 0 unspecified atom stereocenters. The number of amides is 1. The van der Waals surface area contributed by atoms with Crippen LogP contribution in [0.5, 0.6) is 0 Å². The highest BCUT2D eigenvalue weighted by atomic mass is 79.9. The van der Waals surface area contributed by atoms with Crippen LogP contribution < -0.4 is 5.73 Å². The van der Waals surface area contributed by atoms with Gasteiger partial charge in [0.15, 0.2) is 0 Å². The number of rotatable bonds is 0. The van der Waals surface area contributed by atoms with Crippen LogP contribution in [-0.4, -0.2) is 17.9 Å². The highest BCUT2D eigenvalue weighted by Gasteiger charge is 2.24. The van der Waals surface area contributed by atoms with Gasteiger partial charge >= 0.3 is 0 Å². The second-order valence-electron chi connectivity index (χ2n) is 3.19. The smallest absolute Gasteiger partial charge is 0.254 e. The molecule has 2 rings (SSSR count). The molecule has 0 saturated carbocycles. The van der Waals surface area contributed by atoms with Gasteiger partial charge in [-0.3, -0.25) is 4.79 Å². The van der Waals surface area contributed by atoms with Crippen molar-refractivity contribution in [3.05, 3.63) is 27.7 Å². The molecule has 0 bridgehead atoms. The van der Waals surface area contributed by atoms with Crippen LogP contribution >= 0.6 is 15.9 Å². The van der Waals surface area contributed by atoms with E-state index in [1.807, 2.05) is 6.07 Å². The molecule has 0 atom stereocenters. The first-order chi connectivity index (χ1) is 6.09. The monoisotopic (exact) mass is 240 g/mol. The molecule has 4 heteroatoms. The summed E-state index contributed by atoms with van der Waals surface area (Å²) in [6, 6.07) is 3.64. The first kappa shape index (κ1) is 8.56. The van der Waals surface area contributed by atoms with Crippen LogP contribution in [0.2, 0.25) is 0 Å². The van der Waals surface area contributed by atoms with Gasteiger partial charge in [-0.05, 0) is 33.6 Å². The topological polar surface area (TPSA) is 46.3 Å². The number of nitrogen functional groups attached to an aromatic ring is 1. The number of anilines is 1. The highest BCUT2D eigenvalue weighted by molar-refractivity contribution is 9.10. The SMILES string of the molecule is CN1Cc2cc(Br)c(N)cc2C1=O. The van der Waals surface area contributed by atoms with Gasteiger partial charge < -0.3 is 10.6 Å². The van der Waals surface area contributed by atoms with Gasteiger partial charge in [-0.15, -0.1) is 0 Å². The summed E-state index contributed by atoms with van der Waals surface area (Å²) in [5.41, 5.74) is 8.06. The van der Waals surface area contributed by atoms with Crippen LogP contribution in [0.15, 0.2) is 16.6 Å². The Bertz CT molecular complexity index is 389. The molecule has 1 aromatic rings. The summed E-state index contributed by atoms with van der Waals surface area (Å²) in [6.45, 7) is 0.674. The molecule has 0 aromatic heterocycles. The molecular formula is C9H9BrN2O. The Morgan fingerprint density at radius 2 is 2.23 bits per heavy atom. The molecule has 1 amide bonds. The van der Waals surface area contributed by atoms with Crippen molar-refractivity contribution in [1.29, 1.82) is 0 Å². The van der Waals surface area contributed by atoms with E-state index < -0.39 is 0 Å². The van der Waals surface area contributed by atoms with Crippen molar-refractivity contribution in [1.82, 2.24) is 4.90 Å². The molecule has 0 radical (unpaired) electrons. The average molecular weight is 241 g/mol. The van der Waals surface area contributed by atoms with Crippen molar-refractivity contribution >= 4 is 27.5 Å². The van der Waals surface area contributed by atoms with Gasteiger partial charge in [-0.25, -0.2) is 0 Å². The Morgan fingerprint density at radius 3 is 2.92 bits per heavy atom. The number of hydrogen-bond acceptors (Lipinski definition) is 2. The van der Waals surface area contributed by atoms with Crippen LogP contribution in [-0.2, 0) is 6.54 Å². The number of nitrogens with zero attached hydrogens (tertiary/aromatic N) is 1. The maximum atomic E-state index is 11.5. The molecule has 13 heavy (non-hydrogen) atoms. The van der Waals surface area contributed by atoms with Crippen molar-refractivity contribution in [2.24, 2.45) is 0 Å². The third-order valence-electron chi connectivity index (χ3n) is 2.21. The maximum absolute atomic E-state index is 11.5. The molecule has 1 heterocycles. The van der Waals surface area contributed by atoms with Gasteiger partial charge in [0.1, 0.15) is 0 Å². The van der Waals surface area contributed by atoms with Gasteiger partial charge in [0.2, 0.25) is 0 Å². The van der Waals surface area contributed by atoms with Crippen molar-refractivity contribution < 1.29 is 4.79 Å². The van der Waals surface area contributed by atoms with Crippen LogP contribution in [0.4, 0.5) is 5.69 Å². The minimum atomic E-state index is 0.0502. The third kappa shape index (κ3) is 1.21. The van der Waals surface area contributed by atoms with Gasteiger partial charge in [-0.2, -0.15) is 0 Å². The number of benzene rings is 1. The van der Waals surface area contributed by atoms with Crippen LogP contribution in [0.25, 0.3) is 0 Å². The van der Waals surface area contributed by atoms with Crippen LogP contribution in [0.3, 0.4) is 0 Å². The Kier molecular flexibility index (Phi) is 1.80. The average Bonchev–Trinajstić information content (AvgIpc) is 2.32. The van der Waals surface area contributed by atoms with Crippen molar-refractivity contribution in [3.63, 3.8) is 0 Å². The number of carbonyl (C=O) groups excluding carboxylic acids is 1. The molecule has 0 fully saturated rings. The Balaban J connectivity index is 2.59. The lowest BCUT2D eigenvalue weighted by atomic mass is 10.1. The van der Waals surface area contributed by atoms with E-state index in [9.17, 15) is 4.79 Å². The molecule has 1 aliphatic heterocycles. The van der Waals surface area contributed by atoms with E-state index in [1.165, 1.54) is 0 Å². The lowest BCUT2D eigenvalue weighted by Crippen LogP contribution is -2.17. The van der Waals surface area contributed by atoms with Crippen molar-refractivity contribution in [2.75, 3.05) is 12.8 Å². The van der Waals surface area contributed by atoms with Crippen LogP contribution in [0, 0.1) is 0 Å². The van der Waals surface area contributed by atoms with Crippen molar-refractivity contribution in [2.45, 2.75) is 6.54 Å². The lowest BCUT2D eigenvalue weighted by Gasteiger charge is -2.04. The first-order valence-electron chi connectivity index (χ1n) is 3.93. The fourth-order valence-electron chi connectivity index (χ4n) is 1.49. The minimum absolute atomic E-state index is 0.0502. The molecule has 2 N–H and O–H groups in total. The van der Waals surface area contributed by atoms with E-state index in [4.69, 9.17) is 5.73 Å². The number of nitrogens with two attached hydrogens (primary N) is 1. The fourth-order valence-corrected chi connectivity index (χ4v) is 1.88. The zero-order chi connectivity index (χ0) is 9.59. The zero-order valence-corrected chi connectivity index (χ0v) is 8.76. The lowest BCUT2D eigenvalue weighted by molar-refractivity contribution is 0.0816. The van der Waals surface area contributed by atoms with Gasteiger partial charge in [0.25, 0.3) is 5.91 Å². The second-order valence-corrected chi connectivity index (χ2v) is 4.05. The Morgan fingerprint density at radius 1 is 1.54 bits per heavy atom. The van der Waals surface area contributed by atoms with Crippen LogP contribution in [0.1, 0.15) is 15.9 Å². The summed E-state index contributed by atoms with van der Waals surface area (Å²) in [7, 11) is 1.78. The van der Waals surface area contributed by atoms with E-state index in [0.717, 1.165) is 15.6 Å². The molecule has 1 aromatic carbocycles. The van der Waals surface area contributed by atoms with E-state index in [0.29, 0.717) is 12.2 Å². The Labute approximate surface area is 84.6 Å². The Hall–Kier alpha value is -1.03. The van der Waals surface area contributed by atoms with Crippen molar-refractivity contribution in [3.8, 4) is 0 Å². The first-order valence-corrected chi connectivity index (χ1v) is 4.72. The standard InChI is InChI=1S/C9H9BrN2O/c1-12-4-5-2-7(10)8(11)3-6(5)9(12)13/h2-3H,4,11H2,1H3. The molecule has 3 nitrogen and oxygen atoms in total. The fraction of sp³-hybridized carbons (Fsp3) is 0.222. The molecule has 68 valence electrons. The summed E-state index contributed by atoms with van der Waals surface area (Å²) in [6.07, 6.45) is 0. The predicted octanol–water partition coefficient (Wildman–Crippen LogP) is 1.62. The molecule has 1 aliphatic rings. The number of halogens is 1. The highest BCUT2D eigenvalue weighted by Crippen LogP contribution is 2.29. The zero-order valence-electron chi connectivity index (χ0n) is 7.17. The van der Waals surface area contributed by atoms with Gasteiger partial charge in [-0.1, -0.05) is 0 Å². The largest absolute Gasteiger partial charge is 0.398 e. The van der Waals surface area contributed by atoms with Gasteiger partial charge in [0.05, 0.1) is 0 Å². The predicted molar refractivity (Wildman–Crippen MR) is 54.4 cm³/mol. The summed E-state index contributed by atoms with van der Waals surface area (Å²) < 4.78 is 0.856. The van der Waals surface area contributed by atoms with E-state index in [1.54, 1.807) is 18.0 Å². The number of hydrogen-bond donors (Lipinski definition) is 1. The van der Waals surface area contributed by atoms with Gasteiger partial charge in [0, 0.05) is 29.3 Å². The summed E-state index contributed by atoms with van der Waals surface area (Å²) in [5, 5.41) is 0. The maximum Gasteiger partial charge on any atom is 0.254 e. The third-order valence-corrected chi connectivity index (χ3v) is 2.89. The number of fused-ring (bicyclic) bond motifs is 1. The van der Waals surface area contributed by atoms with E-state index in [2.05, 4.69) is 15.9 Å². The summed E-state index contributed by atoms with van der Waals surface area (Å²) in [4.78, 5) is 13.2. The molecule has 0 aliphatic carbocycles. The number of carbonyl (C=O) groups is 1. The van der Waals surface area contributed by atoms with E-state index in [-0.39, 0.29) is 5.91 Å². The summed E-state index contributed by atoms with van der Waals surface area (Å²) in [5.74, 6) is 0.0502. The normalized spacial score (nSPS) is 14.9. The second kappa shape index (κ2) is 2.73. The minimum Gasteiger partial charge on any atom is -0.398 e. The molecule has 0 saturated heterocycles. The molecular weight excluding hydrogens is 232 g/mol. The quantitative estimate of drug-likeness (QED) is 0.701.